The number of ether oxygens (including phenoxy) is 1. The predicted molar refractivity (Wildman–Crippen MR) is 81.8 cm³/mol. The fraction of sp³-hybridized carbons (Fsp3) is 0.357. The van der Waals surface area contributed by atoms with Gasteiger partial charge in [-0.3, -0.25) is 14.4 Å². The highest BCUT2D eigenvalue weighted by Crippen LogP contribution is 2.22. The van der Waals surface area contributed by atoms with Crippen LogP contribution in [0.15, 0.2) is 18.2 Å². The van der Waals surface area contributed by atoms with Crippen LogP contribution < -0.4 is 21.1 Å². The van der Waals surface area contributed by atoms with Crippen LogP contribution >= 0.6 is 11.6 Å². The molecule has 3 amide bonds. The molecule has 0 unspecified atom stereocenters. The van der Waals surface area contributed by atoms with Gasteiger partial charge in [0.25, 0.3) is 11.8 Å². The minimum absolute atomic E-state index is 0.0806. The predicted octanol–water partition coefficient (Wildman–Crippen LogP) is 0.458. The largest absolute Gasteiger partial charge is 0.483 e. The Kier molecular flexibility index (Phi) is 6.65. The Hall–Kier alpha value is -2.28. The van der Waals surface area contributed by atoms with E-state index in [2.05, 4.69) is 10.6 Å². The molecule has 120 valence electrons. The number of rotatable bonds is 7. The number of halogens is 1. The quantitative estimate of drug-likeness (QED) is 0.675. The molecule has 0 bridgehead atoms. The normalized spacial score (nSPS) is 11.4. The molecule has 1 aromatic carbocycles. The molecular weight excluding hydrogens is 310 g/mol. The van der Waals surface area contributed by atoms with E-state index in [4.69, 9.17) is 22.1 Å². The molecule has 0 aromatic heterocycles. The van der Waals surface area contributed by atoms with Crippen LogP contribution in [0.4, 0.5) is 0 Å². The number of hydrogen-bond acceptors (Lipinski definition) is 4. The summed E-state index contributed by atoms with van der Waals surface area (Å²) in [6, 6.07) is 3.63. The number of benzene rings is 1. The zero-order valence-corrected chi connectivity index (χ0v) is 13.1. The van der Waals surface area contributed by atoms with E-state index >= 15 is 0 Å². The number of carbonyl (C=O) groups is 3. The average molecular weight is 328 g/mol. The Morgan fingerprint density at radius 3 is 2.64 bits per heavy atom. The fourth-order valence-electron chi connectivity index (χ4n) is 1.64. The number of primary amides is 1. The third-order valence-corrected chi connectivity index (χ3v) is 2.92. The third-order valence-electron chi connectivity index (χ3n) is 2.69. The lowest BCUT2D eigenvalue weighted by molar-refractivity contribution is -0.129. The van der Waals surface area contributed by atoms with Crippen LogP contribution in [0.3, 0.4) is 0 Å². The van der Waals surface area contributed by atoms with Crippen molar-refractivity contribution in [3.8, 4) is 5.75 Å². The van der Waals surface area contributed by atoms with Gasteiger partial charge in [0.1, 0.15) is 11.8 Å². The van der Waals surface area contributed by atoms with Gasteiger partial charge >= 0.3 is 0 Å². The number of likely N-dealkylation sites (N-methyl/N-ethyl adjacent to an activating group) is 1. The van der Waals surface area contributed by atoms with Crippen LogP contribution in [0.25, 0.3) is 0 Å². The summed E-state index contributed by atoms with van der Waals surface area (Å²) in [5.74, 6) is -1.35. The number of hydrogen-bond donors (Lipinski definition) is 3. The second kappa shape index (κ2) is 8.23. The number of nitrogens with one attached hydrogen (secondary N) is 2. The molecule has 0 aliphatic rings. The molecule has 0 aliphatic heterocycles. The van der Waals surface area contributed by atoms with E-state index < -0.39 is 17.9 Å². The van der Waals surface area contributed by atoms with Crippen molar-refractivity contribution in [2.45, 2.75) is 19.9 Å². The van der Waals surface area contributed by atoms with Gasteiger partial charge in [0, 0.05) is 11.6 Å². The maximum Gasteiger partial charge on any atom is 0.258 e. The molecule has 8 heteroatoms. The molecular formula is C14H18ClN3O4. The Bertz CT molecular complexity index is 577. The van der Waals surface area contributed by atoms with Crippen LogP contribution in [0.1, 0.15) is 24.2 Å². The van der Waals surface area contributed by atoms with Gasteiger partial charge in [-0.15, -0.1) is 0 Å². The van der Waals surface area contributed by atoms with Gasteiger partial charge in [0.15, 0.2) is 6.61 Å². The Labute approximate surface area is 133 Å². The van der Waals surface area contributed by atoms with Gasteiger partial charge in [-0.1, -0.05) is 11.6 Å². The highest BCUT2D eigenvalue weighted by molar-refractivity contribution is 6.31. The highest BCUT2D eigenvalue weighted by Gasteiger charge is 2.16. The summed E-state index contributed by atoms with van der Waals surface area (Å²) in [5.41, 5.74) is 5.29. The zero-order valence-electron chi connectivity index (χ0n) is 12.3. The number of carbonyl (C=O) groups excluding carboxylic acids is 3. The summed E-state index contributed by atoms with van der Waals surface area (Å²) in [6.07, 6.45) is 0. The van der Waals surface area contributed by atoms with Gasteiger partial charge in [-0.2, -0.15) is 0 Å². The maximum atomic E-state index is 11.7. The number of amides is 3. The monoisotopic (exact) mass is 327 g/mol. The number of nitrogens with two attached hydrogens (primary N) is 1. The first kappa shape index (κ1) is 17.8. The average Bonchev–Trinajstić information content (AvgIpc) is 2.45. The summed E-state index contributed by atoms with van der Waals surface area (Å²) in [7, 11) is 0. The van der Waals surface area contributed by atoms with E-state index in [0.717, 1.165) is 0 Å². The lowest BCUT2D eigenvalue weighted by atomic mass is 10.2. The SMILES string of the molecule is CCNC(=O)[C@@H](C)NC(=O)COc1ccc(Cl)cc1C(N)=O. The van der Waals surface area contributed by atoms with E-state index in [-0.39, 0.29) is 23.8 Å². The molecule has 0 fully saturated rings. The lowest BCUT2D eigenvalue weighted by Crippen LogP contribution is -2.46. The summed E-state index contributed by atoms with van der Waals surface area (Å²) < 4.78 is 5.25. The maximum absolute atomic E-state index is 11.7. The molecule has 0 saturated heterocycles. The summed E-state index contributed by atoms with van der Waals surface area (Å²) in [5, 5.41) is 5.39. The Morgan fingerprint density at radius 2 is 2.05 bits per heavy atom. The smallest absolute Gasteiger partial charge is 0.258 e. The van der Waals surface area contributed by atoms with Crippen molar-refractivity contribution < 1.29 is 19.1 Å². The fourth-order valence-corrected chi connectivity index (χ4v) is 1.81. The topological polar surface area (TPSA) is 111 Å². The second-order valence-corrected chi connectivity index (χ2v) is 4.91. The van der Waals surface area contributed by atoms with Crippen LogP contribution in [0, 0.1) is 0 Å². The molecule has 0 heterocycles. The van der Waals surface area contributed by atoms with Crippen molar-refractivity contribution in [1.29, 1.82) is 0 Å². The highest BCUT2D eigenvalue weighted by atomic mass is 35.5. The van der Waals surface area contributed by atoms with Crippen molar-refractivity contribution in [3.05, 3.63) is 28.8 Å². The Balaban J connectivity index is 2.61. The molecule has 0 radical (unpaired) electrons. The van der Waals surface area contributed by atoms with Crippen molar-refractivity contribution >= 4 is 29.3 Å². The second-order valence-electron chi connectivity index (χ2n) is 4.48. The standard InChI is InChI=1S/C14H18ClN3O4/c1-3-17-14(21)8(2)18-12(19)7-22-11-5-4-9(15)6-10(11)13(16)20/h4-6,8H,3,7H2,1-2H3,(H2,16,20)(H,17,21)(H,18,19)/t8-/m1/s1. The van der Waals surface area contributed by atoms with Crippen LogP contribution in [-0.4, -0.2) is 36.9 Å². The molecule has 1 aromatic rings. The summed E-state index contributed by atoms with van der Waals surface area (Å²) in [4.78, 5) is 34.5. The molecule has 7 nitrogen and oxygen atoms in total. The third kappa shape index (κ3) is 5.25. The van der Waals surface area contributed by atoms with Gasteiger partial charge in [-0.25, -0.2) is 0 Å². The van der Waals surface area contributed by atoms with Crippen LogP contribution in [0.2, 0.25) is 5.02 Å². The molecule has 0 spiro atoms. The molecule has 1 rings (SSSR count). The molecule has 0 aliphatic carbocycles. The van der Waals surface area contributed by atoms with Crippen LogP contribution in [-0.2, 0) is 9.59 Å². The molecule has 0 saturated carbocycles. The van der Waals surface area contributed by atoms with Crippen molar-refractivity contribution in [2.75, 3.05) is 13.2 Å². The van der Waals surface area contributed by atoms with Gasteiger partial charge in [0.05, 0.1) is 5.56 Å². The summed E-state index contributed by atoms with van der Waals surface area (Å²) >= 11 is 5.77. The van der Waals surface area contributed by atoms with Crippen molar-refractivity contribution in [2.24, 2.45) is 5.73 Å². The van der Waals surface area contributed by atoms with Crippen molar-refractivity contribution in [1.82, 2.24) is 10.6 Å². The van der Waals surface area contributed by atoms with Crippen molar-refractivity contribution in [3.63, 3.8) is 0 Å². The summed E-state index contributed by atoms with van der Waals surface area (Å²) in [6.45, 7) is 3.45. The molecule has 1 atom stereocenters. The van der Waals surface area contributed by atoms with Gasteiger partial charge in [-0.05, 0) is 32.0 Å². The first-order valence-electron chi connectivity index (χ1n) is 6.64. The minimum Gasteiger partial charge on any atom is -0.483 e. The van der Waals surface area contributed by atoms with Gasteiger partial charge < -0.3 is 21.1 Å². The van der Waals surface area contributed by atoms with E-state index in [1.165, 1.54) is 18.2 Å². The first-order valence-corrected chi connectivity index (χ1v) is 7.02. The van der Waals surface area contributed by atoms with Gasteiger partial charge in [0.2, 0.25) is 5.91 Å². The van der Waals surface area contributed by atoms with E-state index in [1.54, 1.807) is 13.8 Å². The van der Waals surface area contributed by atoms with Crippen LogP contribution in [0.5, 0.6) is 5.75 Å². The molecule has 4 N–H and O–H groups in total. The van der Waals surface area contributed by atoms with E-state index in [1.807, 2.05) is 0 Å². The van der Waals surface area contributed by atoms with E-state index in [0.29, 0.717) is 11.6 Å². The Morgan fingerprint density at radius 1 is 1.36 bits per heavy atom. The molecule has 22 heavy (non-hydrogen) atoms. The zero-order chi connectivity index (χ0) is 16.7. The first-order chi connectivity index (χ1) is 10.3. The minimum atomic E-state index is -0.714. The lowest BCUT2D eigenvalue weighted by Gasteiger charge is -2.14. The van der Waals surface area contributed by atoms with E-state index in [9.17, 15) is 14.4 Å².